The van der Waals surface area contributed by atoms with Crippen LogP contribution in [0.1, 0.15) is 23.0 Å². The molecule has 116 valence electrons. The Balaban J connectivity index is 1.78. The molecule has 0 aliphatic rings. The first kappa shape index (κ1) is 15.5. The van der Waals surface area contributed by atoms with Crippen LogP contribution in [0.3, 0.4) is 0 Å². The van der Waals surface area contributed by atoms with Crippen LogP contribution in [0.2, 0.25) is 0 Å². The quantitative estimate of drug-likeness (QED) is 0.495. The van der Waals surface area contributed by atoms with Gasteiger partial charge in [-0.3, -0.25) is 9.48 Å². The van der Waals surface area contributed by atoms with Gasteiger partial charge in [0.05, 0.1) is 16.4 Å². The second kappa shape index (κ2) is 6.79. The van der Waals surface area contributed by atoms with E-state index in [4.69, 9.17) is 0 Å². The summed E-state index contributed by atoms with van der Waals surface area (Å²) in [5, 5.41) is 4.23. The highest BCUT2D eigenvalue weighted by molar-refractivity contribution is 9.10. The first-order valence-corrected chi connectivity index (χ1v) is 8.15. The molecule has 3 aromatic rings. The van der Waals surface area contributed by atoms with E-state index in [9.17, 15) is 4.79 Å². The van der Waals surface area contributed by atoms with Crippen molar-refractivity contribution in [3.63, 3.8) is 0 Å². The molecule has 0 saturated heterocycles. The van der Waals surface area contributed by atoms with Crippen LogP contribution in [0, 0.1) is 0 Å². The number of aryl methyl sites for hydroxylation is 1. The summed E-state index contributed by atoms with van der Waals surface area (Å²) in [5.74, 6) is -0.0280. The zero-order valence-electron chi connectivity index (χ0n) is 12.7. The fraction of sp³-hybridized carbons (Fsp3) is 0.111. The molecule has 0 fully saturated rings. The van der Waals surface area contributed by atoms with Crippen molar-refractivity contribution in [2.24, 2.45) is 0 Å². The average Bonchev–Trinajstić information content (AvgIpc) is 3.22. The standard InChI is InChI=1S/C18H16BrN3O/c1-2-22-17(16(19)13-20-22)9-10-18(23)14-5-7-15(8-6-14)21-11-3-4-12-21/h3-13H,2H2,1H3/b10-9+. The summed E-state index contributed by atoms with van der Waals surface area (Å²) >= 11 is 3.45. The summed E-state index contributed by atoms with van der Waals surface area (Å²) in [6.45, 7) is 2.77. The zero-order valence-corrected chi connectivity index (χ0v) is 14.3. The number of carbonyl (C=O) groups is 1. The maximum Gasteiger partial charge on any atom is 0.185 e. The molecule has 0 amide bonds. The summed E-state index contributed by atoms with van der Waals surface area (Å²) in [6, 6.07) is 11.5. The molecule has 0 radical (unpaired) electrons. The molecule has 0 atom stereocenters. The normalized spacial score (nSPS) is 11.2. The van der Waals surface area contributed by atoms with Crippen molar-refractivity contribution in [2.45, 2.75) is 13.5 Å². The number of benzene rings is 1. The molecule has 0 unspecified atom stereocenters. The molecule has 2 heterocycles. The number of aromatic nitrogens is 3. The first-order chi connectivity index (χ1) is 11.2. The third kappa shape index (κ3) is 3.35. The van der Waals surface area contributed by atoms with Crippen molar-refractivity contribution in [3.05, 3.63) is 76.8 Å². The van der Waals surface area contributed by atoms with Crippen molar-refractivity contribution >= 4 is 27.8 Å². The fourth-order valence-corrected chi connectivity index (χ4v) is 2.77. The second-order valence-corrected chi connectivity index (χ2v) is 5.88. The average molecular weight is 370 g/mol. The van der Waals surface area contributed by atoms with Crippen molar-refractivity contribution < 1.29 is 4.79 Å². The molecular weight excluding hydrogens is 354 g/mol. The summed E-state index contributed by atoms with van der Waals surface area (Å²) in [4.78, 5) is 12.3. The summed E-state index contributed by atoms with van der Waals surface area (Å²) < 4.78 is 4.72. The molecule has 0 N–H and O–H groups in total. The van der Waals surface area contributed by atoms with E-state index in [2.05, 4.69) is 21.0 Å². The van der Waals surface area contributed by atoms with Gasteiger partial charge in [0, 0.05) is 30.2 Å². The minimum Gasteiger partial charge on any atom is -0.324 e. The van der Waals surface area contributed by atoms with Gasteiger partial charge in [0.1, 0.15) is 0 Å². The van der Waals surface area contributed by atoms with Crippen LogP contribution < -0.4 is 0 Å². The Labute approximate surface area is 143 Å². The third-order valence-corrected chi connectivity index (χ3v) is 4.19. The number of nitrogens with zero attached hydrogens (tertiary/aromatic N) is 3. The molecule has 4 nitrogen and oxygen atoms in total. The second-order valence-electron chi connectivity index (χ2n) is 5.03. The fourth-order valence-electron chi connectivity index (χ4n) is 2.34. The van der Waals surface area contributed by atoms with Crippen molar-refractivity contribution in [1.82, 2.24) is 14.3 Å². The van der Waals surface area contributed by atoms with Crippen LogP contribution in [0.25, 0.3) is 11.8 Å². The molecule has 0 bridgehead atoms. The Hall–Kier alpha value is -2.40. The van der Waals surface area contributed by atoms with Gasteiger partial charge in [-0.25, -0.2) is 0 Å². The predicted molar refractivity (Wildman–Crippen MR) is 94.7 cm³/mol. The first-order valence-electron chi connectivity index (χ1n) is 7.36. The van der Waals surface area contributed by atoms with Crippen molar-refractivity contribution in [3.8, 4) is 5.69 Å². The number of rotatable bonds is 5. The van der Waals surface area contributed by atoms with Crippen molar-refractivity contribution in [1.29, 1.82) is 0 Å². The third-order valence-electron chi connectivity index (χ3n) is 3.58. The van der Waals surface area contributed by atoms with Crippen LogP contribution in [-0.2, 0) is 6.54 Å². The van der Waals surface area contributed by atoms with Gasteiger partial charge in [-0.2, -0.15) is 5.10 Å². The van der Waals surface area contributed by atoms with Gasteiger partial charge in [0.2, 0.25) is 0 Å². The summed E-state index contributed by atoms with van der Waals surface area (Å²) in [5.41, 5.74) is 2.59. The SMILES string of the molecule is CCn1ncc(Br)c1/C=C/C(=O)c1ccc(-n2cccc2)cc1. The van der Waals surface area contributed by atoms with E-state index in [0.29, 0.717) is 5.56 Å². The number of hydrogen-bond donors (Lipinski definition) is 0. The Morgan fingerprint density at radius 2 is 1.91 bits per heavy atom. The smallest absolute Gasteiger partial charge is 0.185 e. The van der Waals surface area contributed by atoms with Gasteiger partial charge in [0.25, 0.3) is 0 Å². The lowest BCUT2D eigenvalue weighted by Gasteiger charge is -2.03. The largest absolute Gasteiger partial charge is 0.324 e. The summed E-state index contributed by atoms with van der Waals surface area (Å²) in [6.07, 6.45) is 9.06. The van der Waals surface area contributed by atoms with Crippen molar-refractivity contribution in [2.75, 3.05) is 0 Å². The van der Waals surface area contributed by atoms with Crippen LogP contribution >= 0.6 is 15.9 Å². The van der Waals surface area contributed by atoms with E-state index in [1.54, 1.807) is 18.3 Å². The van der Waals surface area contributed by atoms with Gasteiger partial charge in [-0.05, 0) is 71.4 Å². The Morgan fingerprint density at radius 3 is 2.57 bits per heavy atom. The number of ketones is 1. The van der Waals surface area contributed by atoms with E-state index in [1.807, 2.05) is 65.0 Å². The minimum atomic E-state index is -0.0280. The monoisotopic (exact) mass is 369 g/mol. The van der Waals surface area contributed by atoms with Crippen LogP contribution in [0.15, 0.2) is 65.5 Å². The lowest BCUT2D eigenvalue weighted by atomic mass is 10.1. The Morgan fingerprint density at radius 1 is 1.22 bits per heavy atom. The van der Waals surface area contributed by atoms with Gasteiger partial charge >= 0.3 is 0 Å². The molecule has 5 heteroatoms. The molecule has 0 spiro atoms. The number of hydrogen-bond acceptors (Lipinski definition) is 2. The topological polar surface area (TPSA) is 39.8 Å². The molecule has 1 aromatic carbocycles. The van der Waals surface area contributed by atoms with E-state index in [0.717, 1.165) is 22.4 Å². The highest BCUT2D eigenvalue weighted by Gasteiger charge is 2.06. The van der Waals surface area contributed by atoms with E-state index >= 15 is 0 Å². The van der Waals surface area contributed by atoms with Crippen LogP contribution in [0.4, 0.5) is 0 Å². The minimum absolute atomic E-state index is 0.0280. The van der Waals surface area contributed by atoms with Gasteiger partial charge in [-0.1, -0.05) is 0 Å². The number of halogens is 1. The highest BCUT2D eigenvalue weighted by Crippen LogP contribution is 2.18. The maximum absolute atomic E-state index is 12.3. The van der Waals surface area contributed by atoms with Gasteiger partial charge < -0.3 is 4.57 Å². The summed E-state index contributed by atoms with van der Waals surface area (Å²) in [7, 11) is 0. The maximum atomic E-state index is 12.3. The lowest BCUT2D eigenvalue weighted by molar-refractivity contribution is 0.104. The molecule has 23 heavy (non-hydrogen) atoms. The van der Waals surface area contributed by atoms with Gasteiger partial charge in [0.15, 0.2) is 5.78 Å². The zero-order chi connectivity index (χ0) is 16.2. The number of carbonyl (C=O) groups excluding carboxylic acids is 1. The van der Waals surface area contributed by atoms with Crippen LogP contribution in [0.5, 0.6) is 0 Å². The van der Waals surface area contributed by atoms with E-state index in [1.165, 1.54) is 0 Å². The van der Waals surface area contributed by atoms with E-state index < -0.39 is 0 Å². The predicted octanol–water partition coefficient (Wildman–Crippen LogP) is 4.35. The van der Waals surface area contributed by atoms with Gasteiger partial charge in [-0.15, -0.1) is 0 Å². The molecular formula is C18H16BrN3O. The highest BCUT2D eigenvalue weighted by atomic mass is 79.9. The van der Waals surface area contributed by atoms with E-state index in [-0.39, 0.29) is 5.78 Å². The molecule has 3 rings (SSSR count). The Kier molecular flexibility index (Phi) is 4.57. The molecule has 2 aromatic heterocycles. The lowest BCUT2D eigenvalue weighted by Crippen LogP contribution is -2.00. The van der Waals surface area contributed by atoms with Crippen LogP contribution in [-0.4, -0.2) is 20.1 Å². The molecule has 0 aliphatic carbocycles. The number of allylic oxidation sites excluding steroid dienone is 1. The molecule has 0 saturated carbocycles. The Bertz CT molecular complexity index is 830. The molecule has 0 aliphatic heterocycles.